The molecule has 3 aromatic carbocycles. The number of primary amides is 1. The van der Waals surface area contributed by atoms with Gasteiger partial charge in [0.25, 0.3) is 0 Å². The molecule has 8 N–H and O–H groups in total. The molecular formula is C49H61N7O6. The Balaban J connectivity index is 1.21. The number of hydrazine groups is 1. The number of carbonyl (C=O) groups excluding carboxylic acids is 6. The zero-order chi connectivity index (χ0) is 44.0. The lowest BCUT2D eigenvalue weighted by Gasteiger charge is -2.27. The number of Topliss-reactive ketones (excluding diaryl/α,β-unsaturated/α-hetero) is 2. The van der Waals surface area contributed by atoms with Crippen LogP contribution in [0.4, 0.5) is 0 Å². The van der Waals surface area contributed by atoms with Gasteiger partial charge >= 0.3 is 0 Å². The molecule has 328 valence electrons. The van der Waals surface area contributed by atoms with Crippen LogP contribution in [0.2, 0.25) is 0 Å². The molecule has 1 saturated carbocycles. The van der Waals surface area contributed by atoms with Crippen molar-refractivity contribution in [3.05, 3.63) is 108 Å². The summed E-state index contributed by atoms with van der Waals surface area (Å²) in [5.41, 5.74) is 18.5. The van der Waals surface area contributed by atoms with Crippen LogP contribution in [0, 0.1) is 23.7 Å². The Hall–Kier alpha value is -6.08. The molecule has 1 aliphatic rings. The van der Waals surface area contributed by atoms with E-state index in [0.29, 0.717) is 32.2 Å². The van der Waals surface area contributed by atoms with Gasteiger partial charge in [0, 0.05) is 72.3 Å². The van der Waals surface area contributed by atoms with Crippen LogP contribution in [0.5, 0.6) is 0 Å². The Morgan fingerprint density at radius 3 is 1.87 bits per heavy atom. The predicted molar refractivity (Wildman–Crippen MR) is 240 cm³/mol. The topological polar surface area (TPSA) is 213 Å². The number of H-pyrrole nitrogens is 2. The highest BCUT2D eigenvalue weighted by atomic mass is 16.2. The minimum absolute atomic E-state index is 0.0457. The van der Waals surface area contributed by atoms with Crippen LogP contribution < -0.4 is 22.2 Å². The number of unbranched alkanes of at least 4 members (excludes halogenated alkanes) is 1. The molecule has 2 aromatic heterocycles. The molecule has 0 aliphatic heterocycles. The van der Waals surface area contributed by atoms with Gasteiger partial charge in [-0.2, -0.15) is 0 Å². The lowest BCUT2D eigenvalue weighted by atomic mass is 9.82. The number of fused-ring (bicyclic) bond motifs is 2. The van der Waals surface area contributed by atoms with Gasteiger partial charge in [-0.1, -0.05) is 92.4 Å². The summed E-state index contributed by atoms with van der Waals surface area (Å²) in [5, 5.41) is 5.93. The SMILES string of the molecule is CN(NC(=O)[C@H](CC(=O)C1CCCCC1)Cc1c[nH]c2ccccc12)C(=O)C[C@@H](Cc1c[nH]c2ccccc12)C(=O)N[C@H](Cc1ccccc1)C(=O)C[C@@H](CCCCN)C(N)=O. The number of amides is 4. The highest BCUT2D eigenvalue weighted by molar-refractivity contribution is 5.95. The van der Waals surface area contributed by atoms with Gasteiger partial charge in [-0.25, -0.2) is 0 Å². The molecule has 2 heterocycles. The van der Waals surface area contributed by atoms with E-state index in [1.165, 1.54) is 7.05 Å². The number of nitrogens with two attached hydrogens (primary N) is 2. The second-order valence-electron chi connectivity index (χ2n) is 17.0. The Bertz CT molecular complexity index is 2310. The number of hydrogen-bond donors (Lipinski definition) is 6. The molecule has 0 bridgehead atoms. The van der Waals surface area contributed by atoms with Crippen LogP contribution in [-0.4, -0.2) is 69.8 Å². The second-order valence-corrected chi connectivity index (χ2v) is 17.0. The minimum atomic E-state index is -1.01. The lowest BCUT2D eigenvalue weighted by molar-refractivity contribution is -0.144. The summed E-state index contributed by atoms with van der Waals surface area (Å²) < 4.78 is 0. The zero-order valence-corrected chi connectivity index (χ0v) is 35.7. The highest BCUT2D eigenvalue weighted by Gasteiger charge is 2.33. The number of aromatic amines is 2. The molecule has 1 aliphatic carbocycles. The van der Waals surface area contributed by atoms with Gasteiger partial charge in [0.2, 0.25) is 23.6 Å². The number of nitrogens with zero attached hydrogens (tertiary/aromatic N) is 1. The first-order valence-electron chi connectivity index (χ1n) is 22.1. The van der Waals surface area contributed by atoms with Crippen molar-refractivity contribution in [2.45, 2.75) is 95.9 Å². The zero-order valence-electron chi connectivity index (χ0n) is 35.7. The molecule has 0 saturated heterocycles. The first-order valence-corrected chi connectivity index (χ1v) is 22.1. The van der Waals surface area contributed by atoms with Crippen LogP contribution in [0.15, 0.2) is 91.3 Å². The van der Waals surface area contributed by atoms with E-state index in [1.54, 1.807) is 0 Å². The van der Waals surface area contributed by atoms with E-state index in [4.69, 9.17) is 11.5 Å². The number of rotatable bonds is 22. The van der Waals surface area contributed by atoms with Gasteiger partial charge in [-0.05, 0) is 80.3 Å². The number of nitrogens with one attached hydrogen (secondary N) is 4. The van der Waals surface area contributed by atoms with Crippen molar-refractivity contribution in [1.82, 2.24) is 25.7 Å². The van der Waals surface area contributed by atoms with Crippen molar-refractivity contribution in [2.24, 2.45) is 35.1 Å². The summed E-state index contributed by atoms with van der Waals surface area (Å²) in [5.74, 6) is -4.88. The van der Waals surface area contributed by atoms with Crippen LogP contribution in [0.25, 0.3) is 21.8 Å². The Morgan fingerprint density at radius 2 is 1.27 bits per heavy atom. The van der Waals surface area contributed by atoms with Crippen LogP contribution in [-0.2, 0) is 48.0 Å². The maximum absolute atomic E-state index is 14.5. The molecule has 62 heavy (non-hydrogen) atoms. The highest BCUT2D eigenvalue weighted by Crippen LogP contribution is 2.29. The summed E-state index contributed by atoms with van der Waals surface area (Å²) in [6.45, 7) is 0.452. The summed E-state index contributed by atoms with van der Waals surface area (Å²) in [7, 11) is 1.45. The van der Waals surface area contributed by atoms with Gasteiger partial charge in [0.1, 0.15) is 5.78 Å². The van der Waals surface area contributed by atoms with E-state index in [9.17, 15) is 28.8 Å². The number of ketones is 2. The first kappa shape index (κ1) is 45.4. The van der Waals surface area contributed by atoms with E-state index >= 15 is 0 Å². The predicted octanol–water partition coefficient (Wildman–Crippen LogP) is 6.00. The molecule has 1 fully saturated rings. The first-order chi connectivity index (χ1) is 30.0. The molecule has 4 amide bonds. The molecule has 13 nitrogen and oxygen atoms in total. The molecule has 0 spiro atoms. The smallest absolute Gasteiger partial charge is 0.242 e. The molecule has 5 aromatic rings. The Labute approximate surface area is 363 Å². The van der Waals surface area contributed by atoms with Crippen LogP contribution in [0.1, 0.15) is 87.3 Å². The van der Waals surface area contributed by atoms with E-state index in [2.05, 4.69) is 20.7 Å². The standard InChI is InChI=1S/C49H61N7O6/c1-56(55-49(62)35(28-44(57)33-16-6-3-7-17-33)25-37-30-52-41-21-10-8-19-39(37)41)46(59)29-36(26-38-31-53-42-22-11-9-20-40(38)42)48(61)54-43(24-32-14-4-2-5-15-32)45(58)27-34(47(51)60)18-12-13-23-50/h2,4-5,8-11,14-15,19-22,30-31,33-36,43,52-53H,3,6-7,12-13,16-18,23-29,50H2,1H3,(H2,51,60)(H,54,61)(H,55,62)/t34-,35+,36-,43-/m1/s1. The molecule has 0 unspecified atom stereocenters. The minimum Gasteiger partial charge on any atom is -0.369 e. The summed E-state index contributed by atoms with van der Waals surface area (Å²) in [6, 6.07) is 23.7. The molecule has 0 radical (unpaired) electrons. The number of para-hydroxylation sites is 2. The van der Waals surface area contributed by atoms with E-state index in [0.717, 1.165) is 75.6 Å². The molecular weight excluding hydrogens is 783 g/mol. The Kier molecular flexibility index (Phi) is 16.2. The number of hydrogen-bond acceptors (Lipinski definition) is 7. The molecule has 4 atom stereocenters. The van der Waals surface area contributed by atoms with E-state index < -0.39 is 47.4 Å². The van der Waals surface area contributed by atoms with Crippen LogP contribution >= 0.6 is 0 Å². The van der Waals surface area contributed by atoms with E-state index in [1.807, 2.05) is 91.3 Å². The third-order valence-corrected chi connectivity index (χ3v) is 12.4. The van der Waals surface area contributed by atoms with Gasteiger partial charge < -0.3 is 26.8 Å². The van der Waals surface area contributed by atoms with Crippen molar-refractivity contribution in [3.8, 4) is 0 Å². The quantitative estimate of drug-likeness (QED) is 0.0361. The Morgan fingerprint density at radius 1 is 0.694 bits per heavy atom. The summed E-state index contributed by atoms with van der Waals surface area (Å²) >= 11 is 0. The third-order valence-electron chi connectivity index (χ3n) is 12.4. The lowest BCUT2D eigenvalue weighted by Crippen LogP contribution is -2.49. The van der Waals surface area contributed by atoms with Crippen molar-refractivity contribution < 1.29 is 28.8 Å². The monoisotopic (exact) mass is 843 g/mol. The maximum Gasteiger partial charge on any atom is 0.242 e. The number of benzene rings is 3. The van der Waals surface area contributed by atoms with Crippen molar-refractivity contribution in [1.29, 1.82) is 0 Å². The van der Waals surface area contributed by atoms with Gasteiger partial charge in [-0.15, -0.1) is 0 Å². The van der Waals surface area contributed by atoms with Gasteiger partial charge in [0.15, 0.2) is 5.78 Å². The van der Waals surface area contributed by atoms with Crippen molar-refractivity contribution in [3.63, 3.8) is 0 Å². The summed E-state index contributed by atoms with van der Waals surface area (Å²) in [6.07, 6.45) is 10.3. The number of carbonyl (C=O) groups is 6. The molecule has 6 rings (SSSR count). The van der Waals surface area contributed by atoms with Crippen LogP contribution in [0.3, 0.4) is 0 Å². The average molecular weight is 844 g/mol. The van der Waals surface area contributed by atoms with Gasteiger partial charge in [-0.3, -0.25) is 39.2 Å². The maximum atomic E-state index is 14.5. The second kappa shape index (κ2) is 22.1. The molecule has 13 heteroatoms. The fourth-order valence-electron chi connectivity index (χ4n) is 8.80. The van der Waals surface area contributed by atoms with Gasteiger partial charge in [0.05, 0.1) is 17.9 Å². The fraction of sp³-hybridized carbons (Fsp3) is 0.429. The summed E-state index contributed by atoms with van der Waals surface area (Å²) in [4.78, 5) is 89.4. The average Bonchev–Trinajstić information content (AvgIpc) is 3.89. The normalized spacial score (nSPS) is 15.1. The fourth-order valence-corrected chi connectivity index (χ4v) is 8.80. The number of aromatic nitrogens is 2. The largest absolute Gasteiger partial charge is 0.369 e. The van der Waals surface area contributed by atoms with E-state index in [-0.39, 0.29) is 49.6 Å². The third kappa shape index (κ3) is 12.3. The van der Waals surface area contributed by atoms with Crippen molar-refractivity contribution >= 4 is 57.0 Å². The van der Waals surface area contributed by atoms with Crippen molar-refractivity contribution in [2.75, 3.05) is 13.6 Å².